The number of carbonyl (C=O) groups excluding carboxylic acids is 2. The number of anilines is 1. The van der Waals surface area contributed by atoms with Crippen LogP contribution in [0.25, 0.3) is 6.08 Å². The molecular formula is C22H15N3O3S. The normalized spacial score (nSPS) is 15.4. The second-order valence-electron chi connectivity index (χ2n) is 6.15. The van der Waals surface area contributed by atoms with Crippen LogP contribution in [0.5, 0.6) is 11.5 Å². The maximum atomic E-state index is 13.0. The third kappa shape index (κ3) is 4.04. The number of carbonyl (C=O) groups is 2. The Kier molecular flexibility index (Phi) is 5.13. The van der Waals surface area contributed by atoms with E-state index in [9.17, 15) is 9.59 Å². The largest absolute Gasteiger partial charge is 0.457 e. The molecule has 0 saturated carbocycles. The molecule has 142 valence electrons. The molecule has 7 heteroatoms. The van der Waals surface area contributed by atoms with E-state index in [0.29, 0.717) is 22.7 Å². The van der Waals surface area contributed by atoms with Gasteiger partial charge in [-0.1, -0.05) is 18.2 Å². The summed E-state index contributed by atoms with van der Waals surface area (Å²) in [6.45, 7) is 0. The van der Waals surface area contributed by atoms with Gasteiger partial charge in [-0.3, -0.25) is 24.8 Å². The summed E-state index contributed by atoms with van der Waals surface area (Å²) in [5.41, 5.74) is 1.22. The van der Waals surface area contributed by atoms with Gasteiger partial charge in [0.2, 0.25) is 0 Å². The summed E-state index contributed by atoms with van der Waals surface area (Å²) in [7, 11) is 0. The van der Waals surface area contributed by atoms with Crippen LogP contribution in [0.2, 0.25) is 0 Å². The van der Waals surface area contributed by atoms with Gasteiger partial charge in [0.15, 0.2) is 5.11 Å². The molecule has 0 bridgehead atoms. The molecule has 0 aliphatic carbocycles. The lowest BCUT2D eigenvalue weighted by Crippen LogP contribution is -2.54. The first-order valence-electron chi connectivity index (χ1n) is 8.76. The Morgan fingerprint density at radius 1 is 0.897 bits per heavy atom. The Bertz CT molecular complexity index is 1100. The van der Waals surface area contributed by atoms with Crippen LogP contribution in [-0.2, 0) is 9.59 Å². The highest BCUT2D eigenvalue weighted by atomic mass is 32.1. The molecule has 1 fully saturated rings. The van der Waals surface area contributed by atoms with Crippen LogP contribution in [0, 0.1) is 0 Å². The lowest BCUT2D eigenvalue weighted by atomic mass is 10.1. The van der Waals surface area contributed by atoms with E-state index in [-0.39, 0.29) is 10.7 Å². The summed E-state index contributed by atoms with van der Waals surface area (Å²) in [5, 5.41) is 2.60. The zero-order valence-corrected chi connectivity index (χ0v) is 15.9. The number of aromatic nitrogens is 1. The number of ether oxygens (including phenoxy) is 1. The Balaban J connectivity index is 1.60. The summed E-state index contributed by atoms with van der Waals surface area (Å²) < 4.78 is 5.77. The number of nitrogens with zero attached hydrogens (tertiary/aromatic N) is 2. The summed E-state index contributed by atoms with van der Waals surface area (Å²) in [4.78, 5) is 30.5. The third-order valence-corrected chi connectivity index (χ3v) is 4.48. The summed E-state index contributed by atoms with van der Waals surface area (Å²) in [6.07, 6.45) is 4.69. The third-order valence-electron chi connectivity index (χ3n) is 4.19. The topological polar surface area (TPSA) is 71.5 Å². The number of thiocarbonyl (C=S) groups is 1. The van der Waals surface area contributed by atoms with Crippen molar-refractivity contribution in [2.24, 2.45) is 0 Å². The molecule has 0 atom stereocenters. The molecule has 1 aromatic heterocycles. The number of rotatable bonds is 4. The van der Waals surface area contributed by atoms with Crippen LogP contribution in [0.1, 0.15) is 5.56 Å². The van der Waals surface area contributed by atoms with E-state index in [1.807, 2.05) is 30.3 Å². The highest BCUT2D eigenvalue weighted by Crippen LogP contribution is 2.27. The standard InChI is InChI=1S/C22H15N3O3S/c26-20-19(14-15-10-12-23-13-11-15)21(27)25(22(29)24-20)16-6-8-18(9-7-16)28-17-4-2-1-3-5-17/h1-14H,(H,24,26,29)/b19-14+. The van der Waals surface area contributed by atoms with Crippen LogP contribution in [0.4, 0.5) is 5.69 Å². The number of hydrogen-bond acceptors (Lipinski definition) is 5. The van der Waals surface area contributed by atoms with E-state index < -0.39 is 11.8 Å². The van der Waals surface area contributed by atoms with Crippen LogP contribution >= 0.6 is 12.2 Å². The fraction of sp³-hybridized carbons (Fsp3) is 0. The molecular weight excluding hydrogens is 386 g/mol. The first-order chi connectivity index (χ1) is 14.1. The molecule has 1 aliphatic rings. The molecule has 2 aromatic carbocycles. The van der Waals surface area contributed by atoms with Gasteiger partial charge in [-0.05, 0) is 72.4 Å². The first-order valence-corrected chi connectivity index (χ1v) is 9.17. The van der Waals surface area contributed by atoms with Crippen molar-refractivity contribution in [3.05, 3.63) is 90.3 Å². The van der Waals surface area contributed by atoms with Gasteiger partial charge in [-0.2, -0.15) is 0 Å². The maximum absolute atomic E-state index is 13.0. The quantitative estimate of drug-likeness (QED) is 0.410. The van der Waals surface area contributed by atoms with Crippen molar-refractivity contribution in [1.82, 2.24) is 10.3 Å². The van der Waals surface area contributed by atoms with Crippen molar-refractivity contribution in [3.63, 3.8) is 0 Å². The number of nitrogens with one attached hydrogen (secondary N) is 1. The predicted molar refractivity (Wildman–Crippen MR) is 113 cm³/mol. The Morgan fingerprint density at radius 3 is 2.24 bits per heavy atom. The molecule has 6 nitrogen and oxygen atoms in total. The molecule has 2 heterocycles. The zero-order chi connectivity index (χ0) is 20.2. The lowest BCUT2D eigenvalue weighted by Gasteiger charge is -2.29. The van der Waals surface area contributed by atoms with Crippen molar-refractivity contribution in [1.29, 1.82) is 0 Å². The molecule has 3 aromatic rings. The van der Waals surface area contributed by atoms with E-state index in [1.54, 1.807) is 48.8 Å². The van der Waals surface area contributed by atoms with Gasteiger partial charge >= 0.3 is 0 Å². The Morgan fingerprint density at radius 2 is 1.55 bits per heavy atom. The first kappa shape index (κ1) is 18.5. The summed E-state index contributed by atoms with van der Waals surface area (Å²) in [6, 6.07) is 19.7. The number of para-hydroxylation sites is 1. The molecule has 1 saturated heterocycles. The zero-order valence-electron chi connectivity index (χ0n) is 15.1. The molecule has 2 amide bonds. The van der Waals surface area contributed by atoms with Gasteiger partial charge in [0.05, 0.1) is 5.69 Å². The van der Waals surface area contributed by atoms with E-state index in [2.05, 4.69) is 10.3 Å². The van der Waals surface area contributed by atoms with E-state index >= 15 is 0 Å². The number of benzene rings is 2. The highest BCUT2D eigenvalue weighted by molar-refractivity contribution is 7.80. The van der Waals surface area contributed by atoms with Crippen LogP contribution in [0.3, 0.4) is 0 Å². The van der Waals surface area contributed by atoms with Crippen molar-refractivity contribution >= 4 is 40.9 Å². The van der Waals surface area contributed by atoms with Gasteiger partial charge in [0.1, 0.15) is 17.1 Å². The fourth-order valence-electron chi connectivity index (χ4n) is 2.81. The number of amides is 2. The minimum atomic E-state index is -0.530. The second kappa shape index (κ2) is 8.04. The van der Waals surface area contributed by atoms with Crippen LogP contribution in [0.15, 0.2) is 84.7 Å². The number of hydrogen-bond donors (Lipinski definition) is 1. The van der Waals surface area contributed by atoms with Crippen LogP contribution in [-0.4, -0.2) is 21.9 Å². The minimum Gasteiger partial charge on any atom is -0.457 e. The summed E-state index contributed by atoms with van der Waals surface area (Å²) in [5.74, 6) is 0.302. The van der Waals surface area contributed by atoms with Crippen molar-refractivity contribution in [3.8, 4) is 11.5 Å². The molecule has 0 spiro atoms. The maximum Gasteiger partial charge on any atom is 0.270 e. The predicted octanol–water partition coefficient (Wildman–Crippen LogP) is 3.71. The van der Waals surface area contributed by atoms with Gasteiger partial charge in [-0.25, -0.2) is 0 Å². The highest BCUT2D eigenvalue weighted by Gasteiger charge is 2.34. The Labute approximate surface area is 172 Å². The lowest BCUT2D eigenvalue weighted by molar-refractivity contribution is -0.122. The van der Waals surface area contributed by atoms with E-state index in [0.717, 1.165) is 0 Å². The smallest absolute Gasteiger partial charge is 0.270 e. The van der Waals surface area contributed by atoms with Gasteiger partial charge in [0.25, 0.3) is 11.8 Å². The Hall–Kier alpha value is -3.84. The minimum absolute atomic E-state index is 0.00517. The van der Waals surface area contributed by atoms with E-state index in [1.165, 1.54) is 11.0 Å². The SMILES string of the molecule is O=C1NC(=S)N(c2ccc(Oc3ccccc3)cc2)C(=O)/C1=C/c1ccncc1. The van der Waals surface area contributed by atoms with Gasteiger partial charge < -0.3 is 4.74 Å². The second-order valence-corrected chi connectivity index (χ2v) is 6.53. The van der Waals surface area contributed by atoms with E-state index in [4.69, 9.17) is 17.0 Å². The summed E-state index contributed by atoms with van der Waals surface area (Å²) >= 11 is 5.22. The molecule has 29 heavy (non-hydrogen) atoms. The molecule has 1 aliphatic heterocycles. The van der Waals surface area contributed by atoms with Gasteiger partial charge in [0, 0.05) is 12.4 Å². The average molecular weight is 401 g/mol. The molecule has 1 N–H and O–H groups in total. The van der Waals surface area contributed by atoms with Crippen molar-refractivity contribution in [2.75, 3.05) is 4.90 Å². The number of pyridine rings is 1. The fourth-order valence-corrected chi connectivity index (χ4v) is 3.09. The van der Waals surface area contributed by atoms with Crippen LogP contribution < -0.4 is 15.0 Å². The molecule has 4 rings (SSSR count). The van der Waals surface area contributed by atoms with Gasteiger partial charge in [-0.15, -0.1) is 0 Å². The van der Waals surface area contributed by atoms with Crippen molar-refractivity contribution in [2.45, 2.75) is 0 Å². The molecule has 0 unspecified atom stereocenters. The monoisotopic (exact) mass is 401 g/mol. The van der Waals surface area contributed by atoms with Crippen molar-refractivity contribution < 1.29 is 14.3 Å². The molecule has 0 radical (unpaired) electrons. The average Bonchev–Trinajstić information content (AvgIpc) is 2.74.